The molecule has 2 aromatic rings. The number of anilines is 1. The Bertz CT molecular complexity index is 874. The predicted molar refractivity (Wildman–Crippen MR) is 120 cm³/mol. The van der Waals surface area contributed by atoms with E-state index in [-0.39, 0.29) is 17.9 Å². The van der Waals surface area contributed by atoms with E-state index >= 15 is 0 Å². The summed E-state index contributed by atoms with van der Waals surface area (Å²) in [4.78, 5) is 31.4. The molecule has 0 aliphatic carbocycles. The number of carbonyl (C=O) groups is 2. The number of hydrogen-bond acceptors (Lipinski definition) is 4. The molecule has 1 N–H and O–H groups in total. The lowest BCUT2D eigenvalue weighted by Crippen LogP contribution is -2.52. The zero-order valence-corrected chi connectivity index (χ0v) is 18.4. The summed E-state index contributed by atoms with van der Waals surface area (Å²) in [6.45, 7) is 7.43. The van der Waals surface area contributed by atoms with Gasteiger partial charge in [0.2, 0.25) is 11.8 Å². The van der Waals surface area contributed by atoms with Crippen molar-refractivity contribution in [3.63, 3.8) is 0 Å². The van der Waals surface area contributed by atoms with Gasteiger partial charge in [-0.15, -0.1) is 0 Å². The minimum absolute atomic E-state index is 0.00104. The summed E-state index contributed by atoms with van der Waals surface area (Å²) in [5.74, 6) is 0.0865. The van der Waals surface area contributed by atoms with Gasteiger partial charge in [0.05, 0.1) is 6.54 Å². The second kappa shape index (κ2) is 9.87. The van der Waals surface area contributed by atoms with Gasteiger partial charge in [-0.05, 0) is 36.6 Å². The van der Waals surface area contributed by atoms with Crippen molar-refractivity contribution in [3.8, 4) is 0 Å². The summed E-state index contributed by atoms with van der Waals surface area (Å²) in [6.07, 6.45) is 0. The van der Waals surface area contributed by atoms with Crippen molar-refractivity contribution in [3.05, 3.63) is 65.2 Å². The van der Waals surface area contributed by atoms with Crippen LogP contribution in [0.25, 0.3) is 0 Å². The summed E-state index contributed by atoms with van der Waals surface area (Å²) in [5.41, 5.74) is 4.15. The van der Waals surface area contributed by atoms with E-state index in [0.29, 0.717) is 6.54 Å². The minimum atomic E-state index is -0.285. The van der Waals surface area contributed by atoms with Crippen molar-refractivity contribution in [1.82, 2.24) is 14.7 Å². The molecule has 1 heterocycles. The highest BCUT2D eigenvalue weighted by molar-refractivity contribution is 5.93. The normalized spacial score (nSPS) is 16.1. The Labute approximate surface area is 179 Å². The van der Waals surface area contributed by atoms with E-state index in [4.69, 9.17) is 0 Å². The molecule has 1 fully saturated rings. The van der Waals surface area contributed by atoms with Gasteiger partial charge in [-0.25, -0.2) is 0 Å². The van der Waals surface area contributed by atoms with Gasteiger partial charge >= 0.3 is 0 Å². The van der Waals surface area contributed by atoms with E-state index in [9.17, 15) is 9.59 Å². The first-order valence-corrected chi connectivity index (χ1v) is 10.5. The highest BCUT2D eigenvalue weighted by atomic mass is 16.2. The summed E-state index contributed by atoms with van der Waals surface area (Å²) in [7, 11) is 3.60. The van der Waals surface area contributed by atoms with Crippen molar-refractivity contribution >= 4 is 17.5 Å². The Balaban J connectivity index is 1.59. The minimum Gasteiger partial charge on any atom is -0.347 e. The third kappa shape index (κ3) is 5.26. The van der Waals surface area contributed by atoms with Crippen LogP contribution in [0.3, 0.4) is 0 Å². The number of benzene rings is 2. The largest absolute Gasteiger partial charge is 0.347 e. The molecule has 2 amide bonds. The molecule has 30 heavy (non-hydrogen) atoms. The lowest BCUT2D eigenvalue weighted by molar-refractivity contribution is -0.135. The molecule has 1 aliphatic rings. The molecule has 2 aromatic carbocycles. The molecule has 0 radical (unpaired) electrons. The molecule has 1 aliphatic heterocycles. The lowest BCUT2D eigenvalue weighted by atomic mass is 10.0. The maximum Gasteiger partial charge on any atom is 0.244 e. The third-order valence-corrected chi connectivity index (χ3v) is 5.81. The average Bonchev–Trinajstić information content (AvgIpc) is 2.73. The van der Waals surface area contributed by atoms with E-state index in [2.05, 4.69) is 15.1 Å². The zero-order chi connectivity index (χ0) is 21.7. The smallest absolute Gasteiger partial charge is 0.244 e. The maximum absolute atomic E-state index is 12.9. The number of piperazine rings is 1. The molecule has 160 valence electrons. The molecular weight excluding hydrogens is 376 g/mol. The second-order valence-corrected chi connectivity index (χ2v) is 8.15. The number of nitrogens with zero attached hydrogens (tertiary/aromatic N) is 3. The highest BCUT2D eigenvalue weighted by Crippen LogP contribution is 2.24. The van der Waals surface area contributed by atoms with Gasteiger partial charge in [-0.2, -0.15) is 0 Å². The van der Waals surface area contributed by atoms with Gasteiger partial charge < -0.3 is 10.2 Å². The van der Waals surface area contributed by atoms with Crippen molar-refractivity contribution in [1.29, 1.82) is 0 Å². The molecule has 0 spiro atoms. The van der Waals surface area contributed by atoms with E-state index in [1.54, 1.807) is 19.0 Å². The Kier molecular flexibility index (Phi) is 7.24. The standard InChI is InChI=1S/C24H32N4O2/c1-18-9-8-12-21(19(18)2)25-22(29)17-27-13-15-28(16-14-27)23(24(30)26(3)4)20-10-6-5-7-11-20/h5-12,23H,13-17H2,1-4H3,(H,25,29)/t23-/m1/s1. The van der Waals surface area contributed by atoms with E-state index in [1.807, 2.05) is 62.4 Å². The fraction of sp³-hybridized carbons (Fsp3) is 0.417. The van der Waals surface area contributed by atoms with Crippen LogP contribution in [0, 0.1) is 13.8 Å². The molecule has 0 saturated carbocycles. The van der Waals surface area contributed by atoms with Crippen LogP contribution < -0.4 is 5.32 Å². The monoisotopic (exact) mass is 408 g/mol. The van der Waals surface area contributed by atoms with Crippen LogP contribution in [0.2, 0.25) is 0 Å². The lowest BCUT2D eigenvalue weighted by Gasteiger charge is -2.39. The van der Waals surface area contributed by atoms with Gasteiger partial charge in [0.25, 0.3) is 0 Å². The van der Waals surface area contributed by atoms with Gasteiger partial charge in [0.1, 0.15) is 6.04 Å². The SMILES string of the molecule is Cc1cccc(NC(=O)CN2CCN([C@@H](C(=O)N(C)C)c3ccccc3)CC2)c1C. The van der Waals surface area contributed by atoms with Crippen LogP contribution in [0.1, 0.15) is 22.7 Å². The first-order chi connectivity index (χ1) is 14.4. The van der Waals surface area contributed by atoms with Crippen molar-refractivity contribution in [2.24, 2.45) is 0 Å². The molecule has 0 aromatic heterocycles. The summed E-state index contributed by atoms with van der Waals surface area (Å²) in [5, 5.41) is 3.04. The van der Waals surface area contributed by atoms with E-state index in [1.165, 1.54) is 5.56 Å². The van der Waals surface area contributed by atoms with Crippen molar-refractivity contribution < 1.29 is 9.59 Å². The van der Waals surface area contributed by atoms with Gasteiger partial charge in [0.15, 0.2) is 0 Å². The fourth-order valence-corrected chi connectivity index (χ4v) is 3.85. The number of carbonyl (C=O) groups excluding carboxylic acids is 2. The number of amides is 2. The number of likely N-dealkylation sites (N-methyl/N-ethyl adjacent to an activating group) is 1. The second-order valence-electron chi connectivity index (χ2n) is 8.15. The molecule has 6 heteroatoms. The summed E-state index contributed by atoms with van der Waals surface area (Å²) < 4.78 is 0. The third-order valence-electron chi connectivity index (χ3n) is 5.81. The molecule has 0 bridgehead atoms. The Morgan fingerprint density at radius 2 is 1.63 bits per heavy atom. The first-order valence-electron chi connectivity index (χ1n) is 10.5. The van der Waals surface area contributed by atoms with Gasteiger partial charge in [-0.3, -0.25) is 19.4 Å². The number of aryl methyl sites for hydroxylation is 1. The molecule has 6 nitrogen and oxygen atoms in total. The van der Waals surface area contributed by atoms with Gasteiger partial charge in [-0.1, -0.05) is 42.5 Å². The van der Waals surface area contributed by atoms with Crippen LogP contribution in [0.4, 0.5) is 5.69 Å². The predicted octanol–water partition coefficient (Wildman–Crippen LogP) is 2.69. The van der Waals surface area contributed by atoms with Crippen LogP contribution in [-0.4, -0.2) is 73.3 Å². The van der Waals surface area contributed by atoms with Crippen LogP contribution in [0.15, 0.2) is 48.5 Å². The van der Waals surface area contributed by atoms with E-state index < -0.39 is 0 Å². The Morgan fingerprint density at radius 3 is 2.27 bits per heavy atom. The zero-order valence-electron chi connectivity index (χ0n) is 18.4. The maximum atomic E-state index is 12.9. The van der Waals surface area contributed by atoms with Crippen LogP contribution in [0.5, 0.6) is 0 Å². The van der Waals surface area contributed by atoms with Crippen molar-refractivity contribution in [2.45, 2.75) is 19.9 Å². The fourth-order valence-electron chi connectivity index (χ4n) is 3.85. The van der Waals surface area contributed by atoms with E-state index in [0.717, 1.165) is 43.0 Å². The van der Waals surface area contributed by atoms with Crippen molar-refractivity contribution in [2.75, 3.05) is 52.1 Å². The molecule has 3 rings (SSSR count). The Morgan fingerprint density at radius 1 is 0.967 bits per heavy atom. The number of nitrogens with one attached hydrogen (secondary N) is 1. The van der Waals surface area contributed by atoms with Gasteiger partial charge in [0, 0.05) is 46.0 Å². The molecule has 1 saturated heterocycles. The van der Waals surface area contributed by atoms with Crippen LogP contribution >= 0.6 is 0 Å². The quantitative estimate of drug-likeness (QED) is 0.799. The number of rotatable bonds is 6. The first kappa shape index (κ1) is 22.0. The number of hydrogen-bond donors (Lipinski definition) is 1. The molecule has 0 unspecified atom stereocenters. The molecule has 1 atom stereocenters. The average molecular weight is 409 g/mol. The topological polar surface area (TPSA) is 55.9 Å². The highest BCUT2D eigenvalue weighted by Gasteiger charge is 2.31. The Hall–Kier alpha value is -2.70. The molecular formula is C24H32N4O2. The summed E-state index contributed by atoms with van der Waals surface area (Å²) >= 11 is 0. The summed E-state index contributed by atoms with van der Waals surface area (Å²) in [6, 6.07) is 15.6. The van der Waals surface area contributed by atoms with Crippen LogP contribution in [-0.2, 0) is 9.59 Å².